The first-order valence-electron chi connectivity index (χ1n) is 7.94. The molecule has 0 bridgehead atoms. The van der Waals surface area contributed by atoms with Gasteiger partial charge in [-0.3, -0.25) is 9.80 Å². The van der Waals surface area contributed by atoms with Crippen LogP contribution in [0, 0.1) is 0 Å². The normalized spacial score (nSPS) is 24.9. The predicted octanol–water partition coefficient (Wildman–Crippen LogP) is 2.18. The lowest BCUT2D eigenvalue weighted by Gasteiger charge is -2.32. The minimum absolute atomic E-state index is 0.793. The Morgan fingerprint density at radius 3 is 2.90 bits per heavy atom. The Morgan fingerprint density at radius 2 is 2.10 bits per heavy atom. The number of anilines is 1. The van der Waals surface area contributed by atoms with E-state index in [1.807, 2.05) is 13.2 Å². The van der Waals surface area contributed by atoms with Gasteiger partial charge in [-0.1, -0.05) is 6.42 Å². The molecule has 1 aromatic heterocycles. The van der Waals surface area contributed by atoms with Crippen molar-refractivity contribution in [3.63, 3.8) is 0 Å². The van der Waals surface area contributed by atoms with Crippen molar-refractivity contribution in [2.24, 2.45) is 0 Å². The maximum Gasteiger partial charge on any atom is 0.125 e. The summed E-state index contributed by atoms with van der Waals surface area (Å²) in [4.78, 5) is 9.59. The molecule has 0 aliphatic carbocycles. The van der Waals surface area contributed by atoms with Crippen molar-refractivity contribution in [3.8, 4) is 0 Å². The van der Waals surface area contributed by atoms with Crippen LogP contribution >= 0.6 is 0 Å². The fraction of sp³-hybridized carbons (Fsp3) is 0.688. The van der Waals surface area contributed by atoms with Gasteiger partial charge in [-0.15, -0.1) is 0 Å². The average Bonchev–Trinajstić information content (AvgIpc) is 2.97. The lowest BCUT2D eigenvalue weighted by Crippen LogP contribution is -2.40. The summed E-state index contributed by atoms with van der Waals surface area (Å²) >= 11 is 0. The molecule has 110 valence electrons. The number of pyridine rings is 1. The Morgan fingerprint density at radius 1 is 1.25 bits per heavy atom. The van der Waals surface area contributed by atoms with Crippen molar-refractivity contribution in [3.05, 3.63) is 23.9 Å². The monoisotopic (exact) mass is 274 g/mol. The molecule has 0 amide bonds. The van der Waals surface area contributed by atoms with Crippen LogP contribution in [0.2, 0.25) is 0 Å². The van der Waals surface area contributed by atoms with Gasteiger partial charge in [0.2, 0.25) is 0 Å². The van der Waals surface area contributed by atoms with Crippen LogP contribution in [-0.4, -0.2) is 54.1 Å². The van der Waals surface area contributed by atoms with E-state index in [0.717, 1.165) is 18.4 Å². The molecule has 0 aromatic carbocycles. The smallest absolute Gasteiger partial charge is 0.125 e. The number of nitrogens with one attached hydrogen (secondary N) is 1. The first kappa shape index (κ1) is 13.8. The van der Waals surface area contributed by atoms with Crippen molar-refractivity contribution < 1.29 is 0 Å². The Balaban J connectivity index is 1.54. The number of hydrogen-bond acceptors (Lipinski definition) is 4. The molecule has 4 nitrogen and oxygen atoms in total. The van der Waals surface area contributed by atoms with Gasteiger partial charge in [0.25, 0.3) is 0 Å². The molecule has 2 fully saturated rings. The Labute approximate surface area is 122 Å². The first-order valence-corrected chi connectivity index (χ1v) is 7.94. The van der Waals surface area contributed by atoms with Crippen molar-refractivity contribution in [1.29, 1.82) is 0 Å². The second-order valence-electron chi connectivity index (χ2n) is 6.07. The second-order valence-corrected chi connectivity index (χ2v) is 6.07. The van der Waals surface area contributed by atoms with E-state index in [0.29, 0.717) is 0 Å². The van der Waals surface area contributed by atoms with E-state index in [1.54, 1.807) is 0 Å². The van der Waals surface area contributed by atoms with Gasteiger partial charge in [-0.05, 0) is 50.0 Å². The molecule has 1 N–H and O–H groups in total. The van der Waals surface area contributed by atoms with Crippen molar-refractivity contribution in [1.82, 2.24) is 14.8 Å². The molecule has 3 heterocycles. The number of rotatable bonds is 4. The van der Waals surface area contributed by atoms with Gasteiger partial charge in [0.05, 0.1) is 0 Å². The molecule has 1 atom stereocenters. The van der Waals surface area contributed by atoms with Crippen LogP contribution in [-0.2, 0) is 6.54 Å². The zero-order chi connectivity index (χ0) is 13.8. The van der Waals surface area contributed by atoms with Crippen LogP contribution in [0.25, 0.3) is 0 Å². The average molecular weight is 274 g/mol. The Kier molecular flexibility index (Phi) is 4.53. The summed E-state index contributed by atoms with van der Waals surface area (Å²) in [6.07, 6.45) is 7.46. The zero-order valence-corrected chi connectivity index (χ0v) is 12.5. The Hall–Kier alpha value is -1.13. The van der Waals surface area contributed by atoms with Crippen LogP contribution in [0.15, 0.2) is 18.3 Å². The largest absolute Gasteiger partial charge is 0.373 e. The van der Waals surface area contributed by atoms with Gasteiger partial charge in [-0.2, -0.15) is 0 Å². The third-order valence-electron chi connectivity index (χ3n) is 4.64. The molecule has 2 aliphatic heterocycles. The quantitative estimate of drug-likeness (QED) is 0.912. The predicted molar refractivity (Wildman–Crippen MR) is 82.9 cm³/mol. The van der Waals surface area contributed by atoms with Crippen LogP contribution < -0.4 is 5.32 Å². The number of aromatic nitrogens is 1. The summed E-state index contributed by atoms with van der Waals surface area (Å²) in [6, 6.07) is 5.09. The van der Waals surface area contributed by atoms with Crippen molar-refractivity contribution in [2.45, 2.75) is 38.3 Å². The molecular formula is C16H26N4. The maximum absolute atomic E-state index is 4.28. The van der Waals surface area contributed by atoms with E-state index in [-0.39, 0.29) is 0 Å². The van der Waals surface area contributed by atoms with E-state index in [2.05, 4.69) is 32.2 Å². The van der Waals surface area contributed by atoms with E-state index in [4.69, 9.17) is 0 Å². The minimum Gasteiger partial charge on any atom is -0.373 e. The van der Waals surface area contributed by atoms with Gasteiger partial charge in [-0.25, -0.2) is 4.98 Å². The van der Waals surface area contributed by atoms with Gasteiger partial charge in [0, 0.05) is 38.9 Å². The molecule has 1 aromatic rings. The summed E-state index contributed by atoms with van der Waals surface area (Å²) in [6.45, 7) is 6.16. The fourth-order valence-corrected chi connectivity index (χ4v) is 3.50. The standard InChI is InChI=1S/C16H26N4/c1-17-16-11-14(5-7-18-16)12-19-10-6-15(13-19)20-8-3-2-4-9-20/h5,7,11,15H,2-4,6,8-10,12-13H2,1H3,(H,17,18). The first-order chi connectivity index (χ1) is 9.85. The summed E-state index contributed by atoms with van der Waals surface area (Å²) in [5.74, 6) is 0.967. The van der Waals surface area contributed by atoms with Crippen LogP contribution in [0.5, 0.6) is 0 Å². The molecule has 0 saturated carbocycles. The summed E-state index contributed by atoms with van der Waals surface area (Å²) in [5.41, 5.74) is 1.36. The van der Waals surface area contributed by atoms with Crippen molar-refractivity contribution >= 4 is 5.82 Å². The summed E-state index contributed by atoms with van der Waals surface area (Å²) < 4.78 is 0. The lowest BCUT2D eigenvalue weighted by atomic mass is 10.1. The van der Waals surface area contributed by atoms with Gasteiger partial charge < -0.3 is 5.32 Å². The van der Waals surface area contributed by atoms with Gasteiger partial charge in [0.15, 0.2) is 0 Å². The highest BCUT2D eigenvalue weighted by Crippen LogP contribution is 2.21. The maximum atomic E-state index is 4.28. The lowest BCUT2D eigenvalue weighted by molar-refractivity contribution is 0.161. The molecule has 0 radical (unpaired) electrons. The molecule has 3 rings (SSSR count). The van der Waals surface area contributed by atoms with Gasteiger partial charge >= 0.3 is 0 Å². The highest BCUT2D eigenvalue weighted by atomic mass is 15.3. The van der Waals surface area contributed by atoms with Crippen LogP contribution in [0.1, 0.15) is 31.2 Å². The fourth-order valence-electron chi connectivity index (χ4n) is 3.50. The van der Waals surface area contributed by atoms with Crippen LogP contribution in [0.3, 0.4) is 0 Å². The van der Waals surface area contributed by atoms with E-state index in [9.17, 15) is 0 Å². The molecule has 4 heteroatoms. The van der Waals surface area contributed by atoms with Crippen molar-refractivity contribution in [2.75, 3.05) is 38.5 Å². The molecular weight excluding hydrogens is 248 g/mol. The number of piperidine rings is 1. The number of hydrogen-bond donors (Lipinski definition) is 1. The van der Waals surface area contributed by atoms with E-state index in [1.165, 1.54) is 57.4 Å². The molecule has 0 spiro atoms. The highest BCUT2D eigenvalue weighted by molar-refractivity contribution is 5.36. The highest BCUT2D eigenvalue weighted by Gasteiger charge is 2.28. The number of likely N-dealkylation sites (tertiary alicyclic amines) is 2. The molecule has 1 unspecified atom stereocenters. The Bertz CT molecular complexity index is 428. The molecule has 2 saturated heterocycles. The number of nitrogens with zero attached hydrogens (tertiary/aromatic N) is 3. The topological polar surface area (TPSA) is 31.4 Å². The minimum atomic E-state index is 0.793. The van der Waals surface area contributed by atoms with E-state index >= 15 is 0 Å². The zero-order valence-electron chi connectivity index (χ0n) is 12.5. The SMILES string of the molecule is CNc1cc(CN2CCC(N3CCCCC3)C2)ccn1. The van der Waals surface area contributed by atoms with Crippen LogP contribution in [0.4, 0.5) is 5.82 Å². The summed E-state index contributed by atoms with van der Waals surface area (Å²) in [7, 11) is 1.92. The molecule has 20 heavy (non-hydrogen) atoms. The second kappa shape index (κ2) is 6.55. The van der Waals surface area contributed by atoms with Gasteiger partial charge in [0.1, 0.15) is 5.82 Å². The molecule has 2 aliphatic rings. The van der Waals surface area contributed by atoms with E-state index < -0.39 is 0 Å². The summed E-state index contributed by atoms with van der Waals surface area (Å²) in [5, 5.41) is 3.11. The third kappa shape index (κ3) is 3.30. The third-order valence-corrected chi connectivity index (χ3v) is 4.64.